The summed E-state index contributed by atoms with van der Waals surface area (Å²) in [5.74, 6) is 2.36. The van der Waals surface area contributed by atoms with E-state index in [-0.39, 0.29) is 11.2 Å². The number of aromatic nitrogens is 3. The monoisotopic (exact) mass is 438 g/mol. The van der Waals surface area contributed by atoms with E-state index >= 15 is 0 Å². The zero-order chi connectivity index (χ0) is 21.6. The van der Waals surface area contributed by atoms with E-state index in [1.54, 1.807) is 7.11 Å². The summed E-state index contributed by atoms with van der Waals surface area (Å²) < 4.78 is 12.9. The van der Waals surface area contributed by atoms with Crippen molar-refractivity contribution in [2.75, 3.05) is 20.3 Å². The zero-order valence-corrected chi connectivity index (χ0v) is 18.5. The van der Waals surface area contributed by atoms with E-state index in [0.717, 1.165) is 48.6 Å². The predicted molar refractivity (Wildman–Crippen MR) is 121 cm³/mol. The number of thioether (sulfide) groups is 1. The lowest BCUT2D eigenvalue weighted by atomic mass is 10.2. The minimum atomic E-state index is -0.183. The van der Waals surface area contributed by atoms with Crippen molar-refractivity contribution in [1.29, 1.82) is 0 Å². The third kappa shape index (κ3) is 4.85. The smallest absolute Gasteiger partial charge is 0.233 e. The third-order valence-corrected chi connectivity index (χ3v) is 6.33. The van der Waals surface area contributed by atoms with Crippen LogP contribution in [0.2, 0.25) is 0 Å². The molecule has 1 amide bonds. The number of carbonyl (C=O) groups is 1. The molecule has 1 unspecified atom stereocenters. The fourth-order valence-corrected chi connectivity index (χ4v) is 4.63. The molecule has 8 heteroatoms. The molecule has 162 valence electrons. The van der Waals surface area contributed by atoms with Crippen LogP contribution in [0.15, 0.2) is 53.7 Å². The van der Waals surface area contributed by atoms with Crippen LogP contribution in [0, 0.1) is 0 Å². The van der Waals surface area contributed by atoms with Gasteiger partial charge in [-0.3, -0.25) is 9.36 Å². The van der Waals surface area contributed by atoms with Gasteiger partial charge in [0.2, 0.25) is 5.91 Å². The number of hydrogen-bond donors (Lipinski definition) is 1. The Morgan fingerprint density at radius 3 is 2.52 bits per heavy atom. The summed E-state index contributed by atoms with van der Waals surface area (Å²) >= 11 is 1.47. The van der Waals surface area contributed by atoms with Gasteiger partial charge in [0.25, 0.3) is 0 Å². The van der Waals surface area contributed by atoms with Crippen LogP contribution in [0.3, 0.4) is 0 Å². The molecule has 7 nitrogen and oxygen atoms in total. The first-order valence-electron chi connectivity index (χ1n) is 10.5. The SMILES string of the molecule is CCOc1ccc(-n2c(SC3CCCCNC3=O)nnc2-c2ccc(OC)cc2)cc1. The fraction of sp³-hybridized carbons (Fsp3) is 0.348. The highest BCUT2D eigenvalue weighted by atomic mass is 32.2. The van der Waals surface area contributed by atoms with Crippen molar-refractivity contribution in [2.24, 2.45) is 0 Å². The largest absolute Gasteiger partial charge is 0.497 e. The lowest BCUT2D eigenvalue weighted by Gasteiger charge is -2.15. The molecule has 2 heterocycles. The molecule has 2 aromatic carbocycles. The normalized spacial score (nSPS) is 16.5. The van der Waals surface area contributed by atoms with Gasteiger partial charge in [0.05, 0.1) is 19.0 Å². The Morgan fingerprint density at radius 2 is 1.81 bits per heavy atom. The zero-order valence-electron chi connectivity index (χ0n) is 17.7. The van der Waals surface area contributed by atoms with Crippen LogP contribution < -0.4 is 14.8 Å². The maximum absolute atomic E-state index is 12.5. The van der Waals surface area contributed by atoms with Gasteiger partial charge in [0.15, 0.2) is 11.0 Å². The van der Waals surface area contributed by atoms with Crippen LogP contribution >= 0.6 is 11.8 Å². The number of carbonyl (C=O) groups excluding carboxylic acids is 1. The van der Waals surface area contributed by atoms with E-state index in [0.29, 0.717) is 17.6 Å². The first kappa shape index (κ1) is 21.2. The van der Waals surface area contributed by atoms with Crippen molar-refractivity contribution in [3.05, 3.63) is 48.5 Å². The van der Waals surface area contributed by atoms with E-state index in [1.807, 2.05) is 60.0 Å². The third-order valence-electron chi connectivity index (χ3n) is 5.12. The maximum Gasteiger partial charge on any atom is 0.233 e. The Labute approximate surface area is 186 Å². The van der Waals surface area contributed by atoms with Gasteiger partial charge in [-0.05, 0) is 68.3 Å². The van der Waals surface area contributed by atoms with Gasteiger partial charge in [0, 0.05) is 17.8 Å². The van der Waals surface area contributed by atoms with Crippen LogP contribution in [-0.2, 0) is 4.79 Å². The molecule has 0 radical (unpaired) electrons. The van der Waals surface area contributed by atoms with Gasteiger partial charge < -0.3 is 14.8 Å². The van der Waals surface area contributed by atoms with Crippen LogP contribution in [0.4, 0.5) is 0 Å². The second kappa shape index (κ2) is 9.87. The summed E-state index contributed by atoms with van der Waals surface area (Å²) in [5, 5.41) is 12.4. The Balaban J connectivity index is 1.73. The molecule has 1 aliphatic rings. The standard InChI is InChI=1S/C23H26N4O3S/c1-3-30-19-13-9-17(10-14-19)27-21(16-7-11-18(29-2)12-8-16)25-26-23(27)31-20-6-4-5-15-24-22(20)28/h7-14,20H,3-6,15H2,1-2H3,(H,24,28). The van der Waals surface area contributed by atoms with E-state index in [4.69, 9.17) is 9.47 Å². The van der Waals surface area contributed by atoms with Gasteiger partial charge in [-0.15, -0.1) is 10.2 Å². The molecule has 31 heavy (non-hydrogen) atoms. The van der Waals surface area contributed by atoms with E-state index in [1.165, 1.54) is 11.8 Å². The topological polar surface area (TPSA) is 78.3 Å². The summed E-state index contributed by atoms with van der Waals surface area (Å²) in [4.78, 5) is 12.5. The number of hydrogen-bond acceptors (Lipinski definition) is 6. The molecule has 1 N–H and O–H groups in total. The number of rotatable bonds is 7. The van der Waals surface area contributed by atoms with Crippen molar-refractivity contribution >= 4 is 17.7 Å². The van der Waals surface area contributed by atoms with Crippen molar-refractivity contribution in [1.82, 2.24) is 20.1 Å². The summed E-state index contributed by atoms with van der Waals surface area (Å²) in [7, 11) is 1.64. The average molecular weight is 439 g/mol. The molecule has 4 rings (SSSR count). The highest BCUT2D eigenvalue weighted by molar-refractivity contribution is 8.00. The van der Waals surface area contributed by atoms with Crippen LogP contribution in [-0.4, -0.2) is 46.2 Å². The Kier molecular flexibility index (Phi) is 6.76. The van der Waals surface area contributed by atoms with Crippen molar-refractivity contribution < 1.29 is 14.3 Å². The Hall–Kier alpha value is -3.00. The molecule has 3 aromatic rings. The number of amides is 1. The highest BCUT2D eigenvalue weighted by Crippen LogP contribution is 2.33. The fourth-order valence-electron chi connectivity index (χ4n) is 3.52. The summed E-state index contributed by atoms with van der Waals surface area (Å²) in [6.07, 6.45) is 2.84. The first-order chi connectivity index (χ1) is 15.2. The quantitative estimate of drug-likeness (QED) is 0.598. The summed E-state index contributed by atoms with van der Waals surface area (Å²) in [6.45, 7) is 3.31. The van der Waals surface area contributed by atoms with Crippen molar-refractivity contribution in [3.63, 3.8) is 0 Å². The number of benzene rings is 2. The number of nitrogens with one attached hydrogen (secondary N) is 1. The lowest BCUT2D eigenvalue weighted by molar-refractivity contribution is -0.120. The Bertz CT molecular complexity index is 1020. The van der Waals surface area contributed by atoms with Crippen molar-refractivity contribution in [2.45, 2.75) is 36.6 Å². The number of methoxy groups -OCH3 is 1. The van der Waals surface area contributed by atoms with Crippen molar-refractivity contribution in [3.8, 4) is 28.6 Å². The number of ether oxygens (including phenoxy) is 2. The van der Waals surface area contributed by atoms with E-state index in [9.17, 15) is 4.79 Å². The molecular formula is C23H26N4O3S. The molecule has 1 aliphatic heterocycles. The van der Waals surface area contributed by atoms with E-state index in [2.05, 4.69) is 15.5 Å². The molecule has 0 spiro atoms. The molecule has 1 fully saturated rings. The summed E-state index contributed by atoms with van der Waals surface area (Å²) in [5.41, 5.74) is 1.83. The lowest BCUT2D eigenvalue weighted by Crippen LogP contribution is -2.30. The predicted octanol–water partition coefficient (Wildman–Crippen LogP) is 4.10. The molecule has 0 saturated carbocycles. The molecule has 1 saturated heterocycles. The molecule has 0 bridgehead atoms. The minimum Gasteiger partial charge on any atom is -0.497 e. The van der Waals surface area contributed by atoms with Crippen LogP contribution in [0.1, 0.15) is 26.2 Å². The van der Waals surface area contributed by atoms with Gasteiger partial charge in [-0.1, -0.05) is 18.2 Å². The second-order valence-corrected chi connectivity index (χ2v) is 8.36. The highest BCUT2D eigenvalue weighted by Gasteiger charge is 2.26. The molecule has 1 aromatic heterocycles. The molecule has 0 aliphatic carbocycles. The van der Waals surface area contributed by atoms with Crippen LogP contribution in [0.25, 0.3) is 17.1 Å². The summed E-state index contributed by atoms with van der Waals surface area (Å²) in [6, 6.07) is 15.6. The maximum atomic E-state index is 12.5. The minimum absolute atomic E-state index is 0.0646. The number of nitrogens with zero attached hydrogens (tertiary/aromatic N) is 3. The average Bonchev–Trinajstić information content (AvgIpc) is 3.11. The van der Waals surface area contributed by atoms with Gasteiger partial charge in [-0.25, -0.2) is 0 Å². The Morgan fingerprint density at radius 1 is 1.06 bits per heavy atom. The van der Waals surface area contributed by atoms with Gasteiger partial charge in [-0.2, -0.15) is 0 Å². The van der Waals surface area contributed by atoms with Crippen LogP contribution in [0.5, 0.6) is 11.5 Å². The molecule has 1 atom stereocenters. The molecular weight excluding hydrogens is 412 g/mol. The van der Waals surface area contributed by atoms with Gasteiger partial charge >= 0.3 is 0 Å². The second-order valence-electron chi connectivity index (χ2n) is 7.19. The first-order valence-corrected chi connectivity index (χ1v) is 11.3. The van der Waals surface area contributed by atoms with Gasteiger partial charge in [0.1, 0.15) is 11.5 Å². The van der Waals surface area contributed by atoms with E-state index < -0.39 is 0 Å².